The molecule has 0 spiro atoms. The number of hydrogen-bond donors (Lipinski definition) is 2. The second-order valence-electron chi connectivity index (χ2n) is 9.09. The van der Waals surface area contributed by atoms with E-state index in [9.17, 15) is 5.11 Å². The van der Waals surface area contributed by atoms with Gasteiger partial charge in [0.15, 0.2) is 0 Å². The zero-order valence-electron chi connectivity index (χ0n) is 18.7. The fourth-order valence-corrected chi connectivity index (χ4v) is 5.34. The third-order valence-corrected chi connectivity index (χ3v) is 7.40. The van der Waals surface area contributed by atoms with Crippen LogP contribution in [0.2, 0.25) is 10.0 Å². The monoisotopic (exact) mass is 485 g/mol. The number of nitrogens with one attached hydrogen (secondary N) is 1. The Morgan fingerprint density at radius 2 is 1.88 bits per heavy atom. The van der Waals surface area contributed by atoms with Crippen LogP contribution in [-0.2, 0) is 0 Å². The fraction of sp³-hybridized carbons (Fsp3) is 0.385. The normalized spacial score (nSPS) is 22.8. The summed E-state index contributed by atoms with van der Waals surface area (Å²) in [6.45, 7) is 4.67. The van der Waals surface area contributed by atoms with E-state index in [4.69, 9.17) is 27.9 Å². The van der Waals surface area contributed by atoms with Gasteiger partial charge in [0.1, 0.15) is 18.5 Å². The molecule has 3 aliphatic heterocycles. The molecule has 0 amide bonds. The van der Waals surface area contributed by atoms with Crippen LogP contribution >= 0.6 is 23.2 Å². The van der Waals surface area contributed by atoms with Crippen LogP contribution in [0.3, 0.4) is 0 Å². The van der Waals surface area contributed by atoms with E-state index < -0.39 is 6.10 Å². The zero-order valence-corrected chi connectivity index (χ0v) is 20.2. The van der Waals surface area contributed by atoms with E-state index in [1.807, 2.05) is 43.3 Å². The zero-order chi connectivity index (χ0) is 22.9. The first kappa shape index (κ1) is 22.6. The molecule has 2 N–H and O–H groups in total. The molecule has 7 heteroatoms. The van der Waals surface area contributed by atoms with Crippen LogP contribution in [0, 0.1) is 6.92 Å². The lowest BCUT2D eigenvalue weighted by atomic mass is 9.96. The molecule has 6 rings (SSSR count). The molecule has 1 aromatic heterocycles. The van der Waals surface area contributed by atoms with Crippen LogP contribution in [-0.4, -0.2) is 59.4 Å². The second kappa shape index (κ2) is 9.59. The number of rotatable bonds is 6. The lowest BCUT2D eigenvalue weighted by molar-refractivity contribution is 0.0409. The topological polar surface area (TPSA) is 51.7 Å². The Hall–Kier alpha value is -2.18. The summed E-state index contributed by atoms with van der Waals surface area (Å²) in [5, 5.41) is 13.1. The number of hydrogen-bond acceptors (Lipinski definition) is 4. The first-order chi connectivity index (χ1) is 16.0. The number of piperazine rings is 1. The van der Waals surface area contributed by atoms with Crippen LogP contribution in [0.4, 0.5) is 5.69 Å². The Morgan fingerprint density at radius 1 is 1.06 bits per heavy atom. The number of aliphatic hydroxyl groups is 1. The number of aliphatic hydroxyl groups excluding tert-OH is 1. The van der Waals surface area contributed by atoms with Gasteiger partial charge in [-0.05, 0) is 56.2 Å². The fourth-order valence-electron chi connectivity index (χ4n) is 5.05. The maximum absolute atomic E-state index is 10.8. The van der Waals surface area contributed by atoms with Crippen molar-refractivity contribution in [2.45, 2.75) is 38.0 Å². The lowest BCUT2D eigenvalue weighted by Gasteiger charge is -2.48. The van der Waals surface area contributed by atoms with Gasteiger partial charge in [0.25, 0.3) is 0 Å². The van der Waals surface area contributed by atoms with Gasteiger partial charge in [0.05, 0.1) is 10.0 Å². The van der Waals surface area contributed by atoms with E-state index in [0.717, 1.165) is 54.0 Å². The summed E-state index contributed by atoms with van der Waals surface area (Å²) in [6.07, 6.45) is 5.90. The Labute approximate surface area is 204 Å². The molecule has 5 nitrogen and oxygen atoms in total. The van der Waals surface area contributed by atoms with Gasteiger partial charge < -0.3 is 19.7 Å². The number of anilines is 1. The number of aromatic nitrogens is 1. The molecule has 4 heterocycles. The van der Waals surface area contributed by atoms with Crippen molar-refractivity contribution in [1.29, 1.82) is 0 Å². The highest BCUT2D eigenvalue weighted by Gasteiger charge is 2.35. The minimum Gasteiger partial charge on any atom is -0.490 e. The van der Waals surface area contributed by atoms with Gasteiger partial charge in [-0.1, -0.05) is 41.4 Å². The van der Waals surface area contributed by atoms with E-state index in [1.165, 1.54) is 0 Å². The van der Waals surface area contributed by atoms with Crippen LogP contribution in [0.25, 0.3) is 10.9 Å². The maximum atomic E-state index is 10.8. The summed E-state index contributed by atoms with van der Waals surface area (Å²) in [5.41, 5.74) is 3.25. The minimum atomic E-state index is -0.566. The number of benzene rings is 2. The van der Waals surface area contributed by atoms with Crippen molar-refractivity contribution in [3.63, 3.8) is 0 Å². The van der Waals surface area contributed by atoms with Crippen molar-refractivity contribution in [2.75, 3.05) is 31.1 Å². The highest BCUT2D eigenvalue weighted by molar-refractivity contribution is 6.42. The molecule has 1 saturated heterocycles. The first-order valence-corrected chi connectivity index (χ1v) is 12.2. The summed E-state index contributed by atoms with van der Waals surface area (Å²) in [4.78, 5) is 8.18. The second-order valence-corrected chi connectivity index (χ2v) is 9.90. The molecule has 0 aliphatic carbocycles. The number of aromatic amines is 1. The van der Waals surface area contributed by atoms with Crippen LogP contribution in [0.1, 0.15) is 18.5 Å². The summed E-state index contributed by atoms with van der Waals surface area (Å²) in [7, 11) is 0. The average molecular weight is 486 g/mol. The van der Waals surface area contributed by atoms with Gasteiger partial charge in [-0.25, -0.2) is 0 Å². The van der Waals surface area contributed by atoms with Crippen LogP contribution in [0.5, 0.6) is 5.75 Å². The van der Waals surface area contributed by atoms with Crippen molar-refractivity contribution in [3.8, 4) is 5.75 Å². The molecule has 2 bridgehead atoms. The smallest absolute Gasteiger partial charge is 0.128 e. The van der Waals surface area contributed by atoms with Crippen molar-refractivity contribution < 1.29 is 9.84 Å². The van der Waals surface area contributed by atoms with Gasteiger partial charge in [-0.2, -0.15) is 0 Å². The van der Waals surface area contributed by atoms with Gasteiger partial charge in [-0.3, -0.25) is 4.90 Å². The summed E-state index contributed by atoms with van der Waals surface area (Å²) in [6, 6.07) is 14.6. The molecule has 3 aliphatic rings. The van der Waals surface area contributed by atoms with Crippen LogP contribution in [0.15, 0.2) is 54.6 Å². The average Bonchev–Trinajstić information content (AvgIpc) is 3.16. The number of halogens is 2. The van der Waals surface area contributed by atoms with E-state index in [2.05, 4.69) is 33.0 Å². The Morgan fingerprint density at radius 3 is 2.70 bits per heavy atom. The van der Waals surface area contributed by atoms with E-state index in [1.54, 1.807) is 0 Å². The Balaban J connectivity index is 1.25. The van der Waals surface area contributed by atoms with Crippen molar-refractivity contribution in [1.82, 2.24) is 9.88 Å². The quantitative estimate of drug-likeness (QED) is 0.456. The number of nitrogens with zero attached hydrogens (tertiary/aromatic N) is 2. The molecule has 2 aromatic carbocycles. The largest absolute Gasteiger partial charge is 0.490 e. The lowest BCUT2D eigenvalue weighted by Crippen LogP contribution is -2.60. The summed E-state index contributed by atoms with van der Waals surface area (Å²) in [5.74, 6) is 0.804. The van der Waals surface area contributed by atoms with Gasteiger partial charge in [0, 0.05) is 54.0 Å². The molecule has 3 atom stereocenters. The predicted molar refractivity (Wildman–Crippen MR) is 136 cm³/mol. The van der Waals surface area contributed by atoms with E-state index in [-0.39, 0.29) is 6.61 Å². The number of aryl methyl sites for hydroxylation is 1. The van der Waals surface area contributed by atoms with Crippen molar-refractivity contribution in [3.05, 3.63) is 70.4 Å². The van der Waals surface area contributed by atoms with E-state index in [0.29, 0.717) is 28.7 Å². The summed E-state index contributed by atoms with van der Waals surface area (Å²) < 4.78 is 6.04. The first-order valence-electron chi connectivity index (χ1n) is 11.5. The molecular weight excluding hydrogens is 457 g/mol. The van der Waals surface area contributed by atoms with Gasteiger partial charge >= 0.3 is 0 Å². The number of ether oxygens (including phenoxy) is 1. The highest BCUT2D eigenvalue weighted by atomic mass is 35.5. The third-order valence-electron chi connectivity index (χ3n) is 6.66. The molecule has 33 heavy (non-hydrogen) atoms. The predicted octanol–water partition coefficient (Wildman–Crippen LogP) is 5.43. The molecule has 0 unspecified atom stereocenters. The number of H-pyrrole nitrogens is 1. The van der Waals surface area contributed by atoms with Crippen molar-refractivity contribution in [2.24, 2.45) is 0 Å². The number of fused-ring (bicyclic) bond motifs is 5. The standard InChI is InChI=1S/C26H29Cl2N3O2/c1-17-11-22-25(29-17)7-4-8-26(22)33-16-21(32)15-30-13-20-6-3-2-5-19(30)14-31(20)18-9-10-23(27)24(28)12-18/h2-4,7-12,19-21,29,32H,5-6,13-16H2,1H3/b3-2-/t19-,20-,21-/m0/s1. The Bertz CT molecular complexity index is 1160. The molecule has 0 saturated carbocycles. The SMILES string of the molecule is Cc1cc2c(OC[C@@H](O)CN3C[C@@H]4C/C=C\C[C@H]3CN4c3ccc(Cl)c(Cl)c3)cccc2[nH]1. The maximum Gasteiger partial charge on any atom is 0.128 e. The highest BCUT2D eigenvalue weighted by Crippen LogP contribution is 2.33. The molecule has 174 valence electrons. The Kier molecular flexibility index (Phi) is 6.57. The molecule has 0 radical (unpaired) electrons. The minimum absolute atomic E-state index is 0.267. The van der Waals surface area contributed by atoms with Gasteiger partial charge in [0.2, 0.25) is 0 Å². The van der Waals surface area contributed by atoms with Crippen LogP contribution < -0.4 is 9.64 Å². The molecule has 3 aromatic rings. The van der Waals surface area contributed by atoms with Gasteiger partial charge in [-0.15, -0.1) is 0 Å². The summed E-state index contributed by atoms with van der Waals surface area (Å²) >= 11 is 12.4. The third kappa shape index (κ3) is 4.87. The van der Waals surface area contributed by atoms with Crippen molar-refractivity contribution >= 4 is 39.8 Å². The molecular formula is C26H29Cl2N3O2. The molecule has 1 fully saturated rings. The van der Waals surface area contributed by atoms with E-state index >= 15 is 0 Å².